The van der Waals surface area contributed by atoms with Crippen molar-refractivity contribution < 1.29 is 13.2 Å². The molecule has 28 heavy (non-hydrogen) atoms. The van der Waals surface area contributed by atoms with Crippen LogP contribution in [0.5, 0.6) is 0 Å². The van der Waals surface area contributed by atoms with Crippen LogP contribution in [0.25, 0.3) is 0 Å². The van der Waals surface area contributed by atoms with Crippen LogP contribution in [0.15, 0.2) is 59.5 Å². The van der Waals surface area contributed by atoms with Crippen molar-refractivity contribution in [3.63, 3.8) is 0 Å². The summed E-state index contributed by atoms with van der Waals surface area (Å²) < 4.78 is 23.9. The molecule has 2 aromatic carbocycles. The molecule has 0 heterocycles. The zero-order valence-electron chi connectivity index (χ0n) is 15.9. The van der Waals surface area contributed by atoms with Gasteiger partial charge >= 0.3 is 0 Å². The summed E-state index contributed by atoms with van der Waals surface area (Å²) in [5.41, 5.74) is 7.75. The van der Waals surface area contributed by atoms with Crippen LogP contribution in [-0.4, -0.2) is 26.6 Å². The van der Waals surface area contributed by atoms with Crippen molar-refractivity contribution in [1.82, 2.24) is 5.32 Å². The van der Waals surface area contributed by atoms with E-state index in [0.29, 0.717) is 6.42 Å². The maximum absolute atomic E-state index is 12.7. The molecule has 1 saturated carbocycles. The number of sulfone groups is 1. The summed E-state index contributed by atoms with van der Waals surface area (Å²) in [6.07, 6.45) is 4.60. The Morgan fingerprint density at radius 1 is 1.11 bits per heavy atom. The maximum atomic E-state index is 12.7. The van der Waals surface area contributed by atoms with Gasteiger partial charge in [0.2, 0.25) is 5.91 Å². The van der Waals surface area contributed by atoms with E-state index >= 15 is 0 Å². The molecule has 0 saturated heterocycles. The van der Waals surface area contributed by atoms with Gasteiger partial charge in [-0.2, -0.15) is 0 Å². The molecule has 0 bridgehead atoms. The molecule has 2 aromatic rings. The second-order valence-corrected chi connectivity index (χ2v) is 9.33. The second kappa shape index (κ2) is 9.54. The number of carbonyl (C=O) groups is 1. The van der Waals surface area contributed by atoms with E-state index < -0.39 is 15.9 Å². The van der Waals surface area contributed by atoms with E-state index in [1.54, 1.807) is 18.2 Å². The van der Waals surface area contributed by atoms with Crippen molar-refractivity contribution >= 4 is 28.2 Å². The average molecular weight is 423 g/mol. The largest absolute Gasteiger partial charge is 0.345 e. The highest BCUT2D eigenvalue weighted by Gasteiger charge is 2.27. The second-order valence-electron chi connectivity index (χ2n) is 7.31. The Hall–Kier alpha value is -1.89. The number of benzene rings is 2. The lowest BCUT2D eigenvalue weighted by atomic mass is 9.96. The molecule has 5 nitrogen and oxygen atoms in total. The van der Waals surface area contributed by atoms with Crippen molar-refractivity contribution in [2.24, 2.45) is 11.7 Å². The van der Waals surface area contributed by atoms with Gasteiger partial charge in [0.1, 0.15) is 0 Å². The third kappa shape index (κ3) is 5.56. The average Bonchev–Trinajstić information content (AvgIpc) is 3.04. The van der Waals surface area contributed by atoms with Crippen LogP contribution >= 0.6 is 12.4 Å². The fraction of sp³-hybridized carbons (Fsp3) is 0.381. The Balaban J connectivity index is 0.00000280. The monoisotopic (exact) mass is 422 g/mol. The standard InChI is InChI=1S/C21H26N2O3S.ClH/c1-27(25,26)18-11-5-10-17(13-18)21(15-7-3-2-4-8-15)23-20(24)14-16-9-6-12-19(16)22;/h2-5,7-8,10-11,13,16,19,21H,6,9,12,14,22H2,1H3,(H,23,24);1H/t16-,19+,21?;/m0./s1. The molecular formula is C21H27ClN2O3S. The van der Waals surface area contributed by atoms with Crippen LogP contribution in [0.2, 0.25) is 0 Å². The Kier molecular flexibility index (Phi) is 7.63. The summed E-state index contributed by atoms with van der Waals surface area (Å²) in [7, 11) is -3.32. The predicted molar refractivity (Wildman–Crippen MR) is 113 cm³/mol. The first-order chi connectivity index (χ1) is 12.8. The lowest BCUT2D eigenvalue weighted by molar-refractivity contribution is -0.122. The van der Waals surface area contributed by atoms with Crippen molar-refractivity contribution in [1.29, 1.82) is 0 Å². The van der Waals surface area contributed by atoms with Gasteiger partial charge < -0.3 is 11.1 Å². The lowest BCUT2D eigenvalue weighted by Gasteiger charge is -2.22. The quantitative estimate of drug-likeness (QED) is 0.747. The van der Waals surface area contributed by atoms with Crippen molar-refractivity contribution in [3.05, 3.63) is 65.7 Å². The van der Waals surface area contributed by atoms with Gasteiger partial charge in [-0.1, -0.05) is 48.9 Å². The van der Waals surface area contributed by atoms with Crippen LogP contribution in [0.3, 0.4) is 0 Å². The Labute approximate surface area is 173 Å². The van der Waals surface area contributed by atoms with Gasteiger partial charge in [-0.15, -0.1) is 12.4 Å². The van der Waals surface area contributed by atoms with E-state index in [1.807, 2.05) is 36.4 Å². The highest BCUT2D eigenvalue weighted by atomic mass is 35.5. The topological polar surface area (TPSA) is 89.3 Å². The normalized spacial score (nSPS) is 20.2. The molecule has 0 aromatic heterocycles. The molecule has 3 atom stereocenters. The molecule has 0 spiro atoms. The first-order valence-electron chi connectivity index (χ1n) is 9.24. The predicted octanol–water partition coefficient (Wildman–Crippen LogP) is 3.24. The van der Waals surface area contributed by atoms with Gasteiger partial charge in [-0.25, -0.2) is 8.42 Å². The molecule has 152 valence electrons. The molecular weight excluding hydrogens is 396 g/mol. The van der Waals surface area contributed by atoms with Gasteiger partial charge in [0, 0.05) is 18.7 Å². The summed E-state index contributed by atoms with van der Waals surface area (Å²) in [6, 6.07) is 16.0. The van der Waals surface area contributed by atoms with Gasteiger partial charge in [0.15, 0.2) is 9.84 Å². The highest BCUT2D eigenvalue weighted by molar-refractivity contribution is 7.90. The summed E-state index contributed by atoms with van der Waals surface area (Å²) >= 11 is 0. The minimum Gasteiger partial charge on any atom is -0.345 e. The third-order valence-electron chi connectivity index (χ3n) is 5.22. The maximum Gasteiger partial charge on any atom is 0.221 e. The molecule has 3 rings (SSSR count). The van der Waals surface area contributed by atoms with Crippen LogP contribution in [-0.2, 0) is 14.6 Å². The summed E-state index contributed by atoms with van der Waals surface area (Å²) in [5.74, 6) is 0.153. The summed E-state index contributed by atoms with van der Waals surface area (Å²) in [5, 5.41) is 3.09. The van der Waals surface area contributed by atoms with Crippen LogP contribution in [0.4, 0.5) is 0 Å². The van der Waals surface area contributed by atoms with Crippen LogP contribution < -0.4 is 11.1 Å². The van der Waals surface area contributed by atoms with E-state index in [0.717, 1.165) is 30.4 Å². The molecule has 1 amide bonds. The zero-order valence-corrected chi connectivity index (χ0v) is 17.5. The van der Waals surface area contributed by atoms with Crippen molar-refractivity contribution in [2.75, 3.05) is 6.26 Å². The van der Waals surface area contributed by atoms with Crippen LogP contribution in [0, 0.1) is 5.92 Å². The van der Waals surface area contributed by atoms with E-state index in [2.05, 4.69) is 5.32 Å². The Morgan fingerprint density at radius 2 is 1.79 bits per heavy atom. The van der Waals surface area contributed by atoms with Crippen molar-refractivity contribution in [2.45, 2.75) is 42.7 Å². The number of nitrogens with one attached hydrogen (secondary N) is 1. The number of carbonyl (C=O) groups excluding carboxylic acids is 1. The Bertz CT molecular complexity index is 903. The molecule has 0 radical (unpaired) electrons. The molecule has 1 aliphatic rings. The lowest BCUT2D eigenvalue weighted by Crippen LogP contribution is -2.34. The molecule has 7 heteroatoms. The van der Waals surface area contributed by atoms with Gasteiger partial charge in [-0.05, 0) is 42.0 Å². The zero-order chi connectivity index (χ0) is 19.4. The number of rotatable bonds is 6. The summed E-state index contributed by atoms with van der Waals surface area (Å²) in [4.78, 5) is 12.9. The molecule has 1 aliphatic carbocycles. The van der Waals surface area contributed by atoms with E-state index in [-0.39, 0.29) is 35.2 Å². The van der Waals surface area contributed by atoms with Gasteiger partial charge in [-0.3, -0.25) is 4.79 Å². The van der Waals surface area contributed by atoms with Crippen LogP contribution in [0.1, 0.15) is 42.9 Å². The first-order valence-corrected chi connectivity index (χ1v) is 11.1. The molecule has 1 unspecified atom stereocenters. The third-order valence-corrected chi connectivity index (χ3v) is 6.33. The number of hydrogen-bond donors (Lipinski definition) is 2. The minimum atomic E-state index is -3.32. The summed E-state index contributed by atoms with van der Waals surface area (Å²) in [6.45, 7) is 0. The van der Waals surface area contributed by atoms with E-state index in [4.69, 9.17) is 5.73 Å². The van der Waals surface area contributed by atoms with E-state index in [9.17, 15) is 13.2 Å². The fourth-order valence-electron chi connectivity index (χ4n) is 3.71. The van der Waals surface area contributed by atoms with Gasteiger partial charge in [0.25, 0.3) is 0 Å². The number of amides is 1. The minimum absolute atomic E-state index is 0. The SMILES string of the molecule is CS(=O)(=O)c1cccc(C(NC(=O)C[C@@H]2CCC[C@H]2N)c2ccccc2)c1.Cl. The highest BCUT2D eigenvalue weighted by Crippen LogP contribution is 2.28. The smallest absolute Gasteiger partial charge is 0.221 e. The molecule has 0 aliphatic heterocycles. The number of hydrogen-bond acceptors (Lipinski definition) is 4. The molecule has 1 fully saturated rings. The fourth-order valence-corrected chi connectivity index (χ4v) is 4.38. The molecule has 3 N–H and O–H groups in total. The first kappa shape index (κ1) is 22.4. The van der Waals surface area contributed by atoms with Crippen molar-refractivity contribution in [3.8, 4) is 0 Å². The van der Waals surface area contributed by atoms with Gasteiger partial charge in [0.05, 0.1) is 10.9 Å². The van der Waals surface area contributed by atoms with E-state index in [1.165, 1.54) is 6.26 Å². The Morgan fingerprint density at radius 3 is 2.39 bits per heavy atom. The number of halogens is 1. The number of nitrogens with two attached hydrogens (primary N) is 1.